The van der Waals surface area contributed by atoms with E-state index in [1.165, 1.54) is 20.2 Å². The van der Waals surface area contributed by atoms with Gasteiger partial charge in [-0.15, -0.1) is 0 Å². The van der Waals surface area contributed by atoms with Crippen LogP contribution in [0.4, 0.5) is 32.3 Å². The number of ether oxygens (including phenoxy) is 1. The zero-order valence-corrected chi connectivity index (χ0v) is 17.8. The average Bonchev–Trinajstić information content (AvgIpc) is 3.11. The molecular weight excluding hydrogens is 415 g/mol. The highest BCUT2D eigenvalue weighted by molar-refractivity contribution is 5.95. The molecule has 3 aromatic rings. The van der Waals surface area contributed by atoms with Crippen LogP contribution >= 0.6 is 0 Å². The molecule has 32 heavy (non-hydrogen) atoms. The third kappa shape index (κ3) is 3.68. The van der Waals surface area contributed by atoms with Gasteiger partial charge in [0.2, 0.25) is 0 Å². The Morgan fingerprint density at radius 3 is 2.62 bits per heavy atom. The number of hydrogen-bond donors (Lipinski definition) is 3. The molecule has 3 heterocycles. The van der Waals surface area contributed by atoms with Gasteiger partial charge in [0.1, 0.15) is 23.0 Å². The molecular formula is C21H23FN8O2. The Hall–Kier alpha value is -4.15. The third-order valence-electron chi connectivity index (χ3n) is 5.12. The van der Waals surface area contributed by atoms with Crippen molar-refractivity contribution in [1.29, 1.82) is 0 Å². The summed E-state index contributed by atoms with van der Waals surface area (Å²) in [5, 5.41) is 7.98. The van der Waals surface area contributed by atoms with Crippen LogP contribution in [0.1, 0.15) is 18.1 Å². The number of rotatable bonds is 4. The van der Waals surface area contributed by atoms with Crippen molar-refractivity contribution in [2.75, 3.05) is 35.8 Å². The van der Waals surface area contributed by atoms with Crippen molar-refractivity contribution in [2.45, 2.75) is 19.5 Å². The molecule has 1 amide bonds. The Kier molecular flexibility index (Phi) is 5.39. The summed E-state index contributed by atoms with van der Waals surface area (Å²) in [6, 6.07) is 6.57. The first-order chi connectivity index (χ1) is 15.3. The van der Waals surface area contributed by atoms with Crippen LogP contribution in [-0.4, -0.2) is 46.0 Å². The van der Waals surface area contributed by atoms with E-state index in [0.717, 1.165) is 10.5 Å². The summed E-state index contributed by atoms with van der Waals surface area (Å²) in [5.41, 5.74) is 14.0. The summed E-state index contributed by atoms with van der Waals surface area (Å²) >= 11 is 0. The van der Waals surface area contributed by atoms with Gasteiger partial charge < -0.3 is 21.5 Å². The van der Waals surface area contributed by atoms with Crippen LogP contribution in [0, 0.1) is 5.82 Å². The van der Waals surface area contributed by atoms with Crippen molar-refractivity contribution >= 4 is 35.3 Å². The second-order valence-electron chi connectivity index (χ2n) is 7.35. The van der Waals surface area contributed by atoms with Crippen LogP contribution in [-0.2, 0) is 11.3 Å². The predicted octanol–water partition coefficient (Wildman–Crippen LogP) is 2.72. The molecule has 0 radical (unpaired) electrons. The van der Waals surface area contributed by atoms with Gasteiger partial charge in [-0.1, -0.05) is 30.4 Å². The lowest BCUT2D eigenvalue weighted by molar-refractivity contribution is 0.180. The summed E-state index contributed by atoms with van der Waals surface area (Å²) in [5.74, 6) is 0.566. The molecule has 2 aromatic heterocycles. The van der Waals surface area contributed by atoms with Crippen LogP contribution in [0.5, 0.6) is 0 Å². The molecule has 4 rings (SSSR count). The number of amides is 1. The van der Waals surface area contributed by atoms with Crippen LogP contribution in [0.2, 0.25) is 0 Å². The smallest absolute Gasteiger partial charge is 0.413 e. The summed E-state index contributed by atoms with van der Waals surface area (Å²) < 4.78 is 20.6. The predicted molar refractivity (Wildman–Crippen MR) is 121 cm³/mol. The van der Waals surface area contributed by atoms with Gasteiger partial charge in [-0.25, -0.2) is 23.8 Å². The van der Waals surface area contributed by atoms with Gasteiger partial charge in [-0.3, -0.25) is 4.90 Å². The fourth-order valence-corrected chi connectivity index (χ4v) is 3.53. The minimum atomic E-state index is -0.660. The van der Waals surface area contributed by atoms with Gasteiger partial charge in [-0.05, 0) is 13.0 Å². The molecule has 1 aromatic carbocycles. The van der Waals surface area contributed by atoms with Crippen molar-refractivity contribution in [3.63, 3.8) is 0 Å². The highest BCUT2D eigenvalue weighted by atomic mass is 19.1. The van der Waals surface area contributed by atoms with E-state index < -0.39 is 6.09 Å². The number of carbonyl (C=O) groups excluding carboxylic acids is 1. The maximum absolute atomic E-state index is 14.3. The molecule has 166 valence electrons. The average molecular weight is 438 g/mol. The number of benzene rings is 1. The maximum Gasteiger partial charge on any atom is 0.413 e. The molecule has 0 bridgehead atoms. The van der Waals surface area contributed by atoms with Crippen molar-refractivity contribution in [1.82, 2.24) is 19.7 Å². The van der Waals surface area contributed by atoms with E-state index in [-0.39, 0.29) is 41.6 Å². The number of anilines is 4. The molecule has 1 unspecified atom stereocenters. The quantitative estimate of drug-likeness (QED) is 0.565. The Balaban J connectivity index is 1.81. The number of hydrogen-bond acceptors (Lipinski definition) is 8. The fourth-order valence-electron chi connectivity index (χ4n) is 3.53. The third-order valence-corrected chi connectivity index (χ3v) is 5.12. The van der Waals surface area contributed by atoms with Gasteiger partial charge >= 0.3 is 6.09 Å². The molecule has 0 aliphatic carbocycles. The molecule has 0 saturated heterocycles. The van der Waals surface area contributed by atoms with E-state index in [2.05, 4.69) is 20.4 Å². The van der Waals surface area contributed by atoms with Crippen LogP contribution in [0.3, 0.4) is 0 Å². The lowest BCUT2D eigenvalue weighted by Gasteiger charge is -2.19. The molecule has 1 aliphatic rings. The first-order valence-electron chi connectivity index (χ1n) is 9.84. The SMILES string of the molecule is COC(=O)N(C)c1c(N)nc(-c2nn(Cc3ccccc3F)c3c2C=CC(C)N3)nc1N. The first kappa shape index (κ1) is 21.1. The van der Waals surface area contributed by atoms with Gasteiger partial charge in [0.25, 0.3) is 0 Å². The first-order valence-corrected chi connectivity index (χ1v) is 9.84. The summed E-state index contributed by atoms with van der Waals surface area (Å²) in [6.45, 7) is 2.19. The molecule has 0 spiro atoms. The lowest BCUT2D eigenvalue weighted by atomic mass is 10.1. The van der Waals surface area contributed by atoms with E-state index in [1.54, 1.807) is 22.9 Å². The number of aromatic nitrogens is 4. The van der Waals surface area contributed by atoms with E-state index in [1.807, 2.05) is 19.1 Å². The van der Waals surface area contributed by atoms with Crippen LogP contribution in [0.25, 0.3) is 17.6 Å². The number of nitrogens with one attached hydrogen (secondary N) is 1. The van der Waals surface area contributed by atoms with Crippen molar-refractivity contribution < 1.29 is 13.9 Å². The number of nitrogen functional groups attached to an aromatic ring is 2. The normalized spacial score (nSPS) is 14.6. The number of nitrogens with two attached hydrogens (primary N) is 2. The number of fused-ring (bicyclic) bond motifs is 1. The largest absolute Gasteiger partial charge is 0.452 e. The van der Waals surface area contributed by atoms with Crippen molar-refractivity contribution in [3.8, 4) is 11.5 Å². The Morgan fingerprint density at radius 2 is 1.97 bits per heavy atom. The van der Waals surface area contributed by atoms with E-state index in [0.29, 0.717) is 17.1 Å². The number of methoxy groups -OCH3 is 1. The number of carbonyl (C=O) groups is 1. The minimum Gasteiger partial charge on any atom is -0.452 e. The standard InChI is InChI=1S/C21H23FN8O2/c1-11-8-9-13-15(19-26-17(23)16(18(24)27-19)29(2)21(31)32-3)28-30(20(13)25-11)10-12-6-4-5-7-14(12)22/h4-9,11,25H,10H2,1-3H3,(H4,23,24,26,27). The van der Waals surface area contributed by atoms with Gasteiger partial charge in [0.15, 0.2) is 17.5 Å². The summed E-state index contributed by atoms with van der Waals surface area (Å²) in [4.78, 5) is 21.7. The fraction of sp³-hybridized carbons (Fsp3) is 0.238. The highest BCUT2D eigenvalue weighted by Crippen LogP contribution is 2.35. The topological polar surface area (TPSA) is 137 Å². The van der Waals surface area contributed by atoms with E-state index >= 15 is 0 Å². The van der Waals surface area contributed by atoms with E-state index in [4.69, 9.17) is 16.2 Å². The second kappa shape index (κ2) is 8.17. The lowest BCUT2D eigenvalue weighted by Crippen LogP contribution is -2.28. The molecule has 0 saturated carbocycles. The molecule has 10 nitrogen and oxygen atoms in total. The molecule has 5 N–H and O–H groups in total. The summed E-state index contributed by atoms with van der Waals surface area (Å²) in [7, 11) is 2.70. The summed E-state index contributed by atoms with van der Waals surface area (Å²) in [6.07, 6.45) is 3.21. The molecule has 0 fully saturated rings. The molecule has 1 aliphatic heterocycles. The van der Waals surface area contributed by atoms with Crippen LogP contribution < -0.4 is 21.7 Å². The van der Waals surface area contributed by atoms with Crippen molar-refractivity contribution in [3.05, 3.63) is 47.3 Å². The van der Waals surface area contributed by atoms with Gasteiger partial charge in [0, 0.05) is 24.2 Å². The van der Waals surface area contributed by atoms with Crippen LogP contribution in [0.15, 0.2) is 30.3 Å². The Labute approximate surface area is 183 Å². The van der Waals surface area contributed by atoms with Gasteiger partial charge in [0.05, 0.1) is 13.7 Å². The molecule has 11 heteroatoms. The van der Waals surface area contributed by atoms with E-state index in [9.17, 15) is 9.18 Å². The zero-order valence-electron chi connectivity index (χ0n) is 17.8. The Bertz CT molecular complexity index is 1200. The monoisotopic (exact) mass is 438 g/mol. The van der Waals surface area contributed by atoms with Gasteiger partial charge in [-0.2, -0.15) is 5.10 Å². The minimum absolute atomic E-state index is 0.001000. The number of nitrogens with zero attached hydrogens (tertiary/aromatic N) is 5. The number of halogens is 1. The second-order valence-corrected chi connectivity index (χ2v) is 7.35. The van der Waals surface area contributed by atoms with Crippen molar-refractivity contribution in [2.24, 2.45) is 0 Å². The maximum atomic E-state index is 14.3. The zero-order chi connectivity index (χ0) is 23.0. The highest BCUT2D eigenvalue weighted by Gasteiger charge is 2.26. The molecule has 1 atom stereocenters. The Morgan fingerprint density at radius 1 is 1.28 bits per heavy atom.